The van der Waals surface area contributed by atoms with Crippen LogP contribution in [0.2, 0.25) is 0 Å². The molecule has 154 valence electrons. The monoisotopic (exact) mass is 505 g/mol. The maximum atomic E-state index is 13.5. The zero-order valence-electron chi connectivity index (χ0n) is 14.7. The highest BCUT2D eigenvalue weighted by atomic mass is 79.9. The molecule has 4 rings (SSSR count). The van der Waals surface area contributed by atoms with Gasteiger partial charge in [-0.25, -0.2) is 31.5 Å². The molecule has 2 aromatic heterocycles. The first-order valence-corrected chi connectivity index (χ1v) is 11.8. The van der Waals surface area contributed by atoms with E-state index in [1.165, 1.54) is 30.0 Å². The topological polar surface area (TPSA) is 133 Å². The van der Waals surface area contributed by atoms with Crippen LogP contribution >= 0.6 is 27.7 Å². The predicted molar refractivity (Wildman–Crippen MR) is 104 cm³/mol. The van der Waals surface area contributed by atoms with Crippen molar-refractivity contribution in [2.24, 2.45) is 0 Å². The van der Waals surface area contributed by atoms with E-state index in [2.05, 4.69) is 36.1 Å². The fraction of sp³-hybridized carbons (Fsp3) is 0.333. The molecule has 1 saturated carbocycles. The number of nitrogens with one attached hydrogen (secondary N) is 1. The molecule has 0 amide bonds. The SMILES string of the molecule is CS(=O)(=O)NC1CC(Sc2nonc2-c2noc(=O)n2-c2ccc(F)c(Br)c2)C1. The number of benzene rings is 1. The van der Waals surface area contributed by atoms with Gasteiger partial charge in [-0.15, -0.1) is 0 Å². The van der Waals surface area contributed by atoms with Crippen LogP contribution in [0.1, 0.15) is 12.8 Å². The zero-order chi connectivity index (χ0) is 20.8. The summed E-state index contributed by atoms with van der Waals surface area (Å²) < 4.78 is 49.5. The molecule has 0 bridgehead atoms. The minimum absolute atomic E-state index is 0.0578. The van der Waals surface area contributed by atoms with Gasteiger partial charge in [0.15, 0.2) is 10.7 Å². The van der Waals surface area contributed by atoms with E-state index >= 15 is 0 Å². The first kappa shape index (κ1) is 20.3. The molecule has 1 fully saturated rings. The molecule has 29 heavy (non-hydrogen) atoms. The number of thioether (sulfide) groups is 1. The van der Waals surface area contributed by atoms with Crippen LogP contribution in [-0.2, 0) is 10.0 Å². The third kappa shape index (κ3) is 4.29. The van der Waals surface area contributed by atoms with Gasteiger partial charge < -0.3 is 0 Å². The Balaban J connectivity index is 1.58. The average Bonchev–Trinajstić information content (AvgIpc) is 3.20. The third-order valence-electron chi connectivity index (χ3n) is 4.19. The molecule has 0 atom stereocenters. The van der Waals surface area contributed by atoms with Crippen molar-refractivity contribution in [3.8, 4) is 17.2 Å². The van der Waals surface area contributed by atoms with E-state index in [-0.39, 0.29) is 27.3 Å². The molecule has 10 nitrogen and oxygen atoms in total. The summed E-state index contributed by atoms with van der Waals surface area (Å²) in [4.78, 5) is 12.2. The van der Waals surface area contributed by atoms with Crippen molar-refractivity contribution in [1.29, 1.82) is 0 Å². The predicted octanol–water partition coefficient (Wildman–Crippen LogP) is 1.95. The van der Waals surface area contributed by atoms with Crippen molar-refractivity contribution in [2.75, 3.05) is 6.26 Å². The molecular formula is C15H13BrFN5O5S2. The van der Waals surface area contributed by atoms with E-state index in [0.717, 1.165) is 10.8 Å². The fourth-order valence-electron chi connectivity index (χ4n) is 2.86. The number of sulfonamides is 1. The Morgan fingerprint density at radius 1 is 1.31 bits per heavy atom. The summed E-state index contributed by atoms with van der Waals surface area (Å²) in [6.45, 7) is 0. The average molecular weight is 506 g/mol. The van der Waals surface area contributed by atoms with E-state index in [1.54, 1.807) is 0 Å². The highest BCUT2D eigenvalue weighted by Crippen LogP contribution is 2.39. The number of aromatic nitrogens is 4. The van der Waals surface area contributed by atoms with Crippen LogP contribution in [0.3, 0.4) is 0 Å². The first-order valence-electron chi connectivity index (χ1n) is 8.22. The Morgan fingerprint density at radius 3 is 2.76 bits per heavy atom. The normalized spacial score (nSPS) is 19.3. The van der Waals surface area contributed by atoms with Gasteiger partial charge in [-0.2, -0.15) is 0 Å². The molecule has 1 aliphatic carbocycles. The molecule has 14 heteroatoms. The molecule has 0 radical (unpaired) electrons. The first-order chi connectivity index (χ1) is 13.7. The lowest BCUT2D eigenvalue weighted by Crippen LogP contribution is -2.45. The van der Waals surface area contributed by atoms with E-state index < -0.39 is 21.6 Å². The lowest BCUT2D eigenvalue weighted by Gasteiger charge is -2.34. The second-order valence-corrected chi connectivity index (χ2v) is 10.3. The highest BCUT2D eigenvalue weighted by Gasteiger charge is 2.34. The number of hydrogen-bond donors (Lipinski definition) is 1. The maximum Gasteiger partial charge on any atom is 0.446 e. The molecule has 2 heterocycles. The second-order valence-electron chi connectivity index (χ2n) is 6.42. The van der Waals surface area contributed by atoms with Crippen LogP contribution in [0.15, 0.2) is 41.6 Å². The van der Waals surface area contributed by atoms with Crippen LogP contribution in [0.25, 0.3) is 17.2 Å². The van der Waals surface area contributed by atoms with Crippen molar-refractivity contribution in [3.05, 3.63) is 39.0 Å². The molecule has 0 saturated heterocycles. The summed E-state index contributed by atoms with van der Waals surface area (Å²) in [7, 11) is -3.26. The molecule has 3 aromatic rings. The number of nitrogens with zero attached hydrogens (tertiary/aromatic N) is 4. The Bertz CT molecular complexity index is 1220. The van der Waals surface area contributed by atoms with Gasteiger partial charge in [-0.3, -0.25) is 4.52 Å². The summed E-state index contributed by atoms with van der Waals surface area (Å²) >= 11 is 4.42. The van der Waals surface area contributed by atoms with Crippen molar-refractivity contribution in [3.63, 3.8) is 0 Å². The van der Waals surface area contributed by atoms with E-state index in [9.17, 15) is 17.6 Å². The lowest BCUT2D eigenvalue weighted by atomic mass is 9.93. The number of halogens is 2. The second kappa shape index (κ2) is 7.66. The molecular weight excluding hydrogens is 493 g/mol. The zero-order valence-corrected chi connectivity index (χ0v) is 17.9. The van der Waals surface area contributed by atoms with Gasteiger partial charge in [0.1, 0.15) is 5.82 Å². The van der Waals surface area contributed by atoms with Crippen LogP contribution < -0.4 is 10.5 Å². The van der Waals surface area contributed by atoms with Crippen molar-refractivity contribution < 1.29 is 22.0 Å². The van der Waals surface area contributed by atoms with E-state index in [0.29, 0.717) is 23.6 Å². The van der Waals surface area contributed by atoms with Gasteiger partial charge in [0.2, 0.25) is 15.8 Å². The molecule has 0 spiro atoms. The molecule has 1 aromatic carbocycles. The summed E-state index contributed by atoms with van der Waals surface area (Å²) in [6, 6.07) is 3.87. The van der Waals surface area contributed by atoms with E-state index in [1.807, 2.05) is 0 Å². The Kier molecular flexibility index (Phi) is 5.35. The number of hydrogen-bond acceptors (Lipinski definition) is 9. The van der Waals surface area contributed by atoms with Crippen LogP contribution in [0.4, 0.5) is 4.39 Å². The van der Waals surface area contributed by atoms with Gasteiger partial charge in [0.25, 0.3) is 0 Å². The maximum absolute atomic E-state index is 13.5. The van der Waals surface area contributed by atoms with Crippen molar-refractivity contribution in [1.82, 2.24) is 24.8 Å². The van der Waals surface area contributed by atoms with Crippen LogP contribution in [0.5, 0.6) is 0 Å². The Hall–Kier alpha value is -2.03. The minimum atomic E-state index is -3.26. The highest BCUT2D eigenvalue weighted by molar-refractivity contribution is 9.10. The van der Waals surface area contributed by atoms with Crippen LogP contribution in [0, 0.1) is 5.82 Å². The van der Waals surface area contributed by atoms with Gasteiger partial charge in [-0.05, 0) is 57.3 Å². The van der Waals surface area contributed by atoms with E-state index in [4.69, 9.17) is 9.15 Å². The lowest BCUT2D eigenvalue weighted by molar-refractivity contribution is 0.299. The largest absolute Gasteiger partial charge is 0.446 e. The summed E-state index contributed by atoms with van der Waals surface area (Å²) in [5.41, 5.74) is 0.514. The third-order valence-corrected chi connectivity index (χ3v) is 6.77. The molecule has 1 N–H and O–H groups in total. The minimum Gasteiger partial charge on any atom is -0.295 e. The van der Waals surface area contributed by atoms with Gasteiger partial charge in [-0.1, -0.05) is 16.9 Å². The quantitative estimate of drug-likeness (QED) is 0.533. The van der Waals surface area contributed by atoms with Crippen molar-refractivity contribution >= 4 is 37.7 Å². The molecule has 0 aliphatic heterocycles. The smallest absolute Gasteiger partial charge is 0.295 e. The van der Waals surface area contributed by atoms with Gasteiger partial charge in [0.05, 0.1) is 16.4 Å². The van der Waals surface area contributed by atoms with Crippen molar-refractivity contribution in [2.45, 2.75) is 29.2 Å². The summed E-state index contributed by atoms with van der Waals surface area (Å²) in [5.74, 6) is -1.21. The van der Waals surface area contributed by atoms with Gasteiger partial charge >= 0.3 is 5.76 Å². The fourth-order valence-corrected chi connectivity index (χ4v) is 5.32. The molecule has 1 aliphatic rings. The standard InChI is InChI=1S/C15H13BrFN5O5S2/c1-29(24,25)21-7-4-9(5-7)28-14-12(18-27-20-14)13-19-26-15(23)22(13)8-2-3-11(17)10(16)6-8/h2-3,6-7,9,21H,4-5H2,1H3. The summed E-state index contributed by atoms with van der Waals surface area (Å²) in [6.07, 6.45) is 2.34. The Labute approximate surface area is 176 Å². The van der Waals surface area contributed by atoms with Gasteiger partial charge in [0, 0.05) is 11.3 Å². The summed E-state index contributed by atoms with van der Waals surface area (Å²) in [5, 5.41) is 11.9. The number of rotatable bonds is 6. The van der Waals surface area contributed by atoms with Crippen LogP contribution in [-0.4, -0.2) is 46.0 Å². The molecule has 0 unspecified atom stereocenters. The Morgan fingerprint density at radius 2 is 2.07 bits per heavy atom.